The average Bonchev–Trinajstić information content (AvgIpc) is 3.08. The zero-order valence-electron chi connectivity index (χ0n) is 9.23. The molecule has 0 unspecified atom stereocenters. The molecular weight excluding hydrogens is 206 g/mol. The number of hydrogen-bond acceptors (Lipinski definition) is 4. The van der Waals surface area contributed by atoms with Crippen molar-refractivity contribution < 1.29 is 9.90 Å². The van der Waals surface area contributed by atoms with Gasteiger partial charge in [0.2, 0.25) is 0 Å². The first kappa shape index (κ1) is 10.9. The Morgan fingerprint density at radius 3 is 2.88 bits per heavy atom. The van der Waals surface area contributed by atoms with Crippen LogP contribution >= 0.6 is 0 Å². The van der Waals surface area contributed by atoms with Crippen LogP contribution in [0.4, 0.5) is 5.82 Å². The van der Waals surface area contributed by atoms with E-state index in [0.717, 1.165) is 25.0 Å². The molecule has 0 radical (unpaired) electrons. The molecule has 86 valence electrons. The van der Waals surface area contributed by atoms with Gasteiger partial charge in [-0.1, -0.05) is 6.92 Å². The lowest BCUT2D eigenvalue weighted by molar-refractivity contribution is -0.142. The van der Waals surface area contributed by atoms with E-state index in [1.807, 2.05) is 13.0 Å². The fraction of sp³-hybridized carbons (Fsp3) is 0.545. The van der Waals surface area contributed by atoms with Crippen LogP contribution in [0.1, 0.15) is 25.5 Å². The quantitative estimate of drug-likeness (QED) is 0.784. The van der Waals surface area contributed by atoms with Crippen LogP contribution in [0, 0.1) is 5.41 Å². The molecule has 5 heteroatoms. The SMILES string of the molecule is CCc1cc(NCC2(C(=O)O)CC2)ncn1. The van der Waals surface area contributed by atoms with Crippen LogP contribution in [0.2, 0.25) is 0 Å². The van der Waals surface area contributed by atoms with Gasteiger partial charge in [-0.15, -0.1) is 0 Å². The number of nitrogens with one attached hydrogen (secondary N) is 1. The van der Waals surface area contributed by atoms with Crippen LogP contribution < -0.4 is 5.32 Å². The molecule has 0 bridgehead atoms. The maximum absolute atomic E-state index is 11.0. The molecule has 0 atom stereocenters. The van der Waals surface area contributed by atoms with Crippen molar-refractivity contribution in [2.45, 2.75) is 26.2 Å². The van der Waals surface area contributed by atoms with E-state index >= 15 is 0 Å². The summed E-state index contributed by atoms with van der Waals surface area (Å²) in [7, 11) is 0. The van der Waals surface area contributed by atoms with Crippen molar-refractivity contribution in [3.8, 4) is 0 Å². The number of nitrogens with zero attached hydrogens (tertiary/aromatic N) is 2. The van der Waals surface area contributed by atoms with Crippen molar-refractivity contribution in [3.05, 3.63) is 18.1 Å². The highest BCUT2D eigenvalue weighted by Gasteiger charge is 2.50. The number of rotatable bonds is 5. The minimum atomic E-state index is -0.718. The summed E-state index contributed by atoms with van der Waals surface area (Å²) in [5, 5.41) is 12.1. The molecule has 1 saturated carbocycles. The van der Waals surface area contributed by atoms with Gasteiger partial charge < -0.3 is 10.4 Å². The maximum atomic E-state index is 11.0. The van der Waals surface area contributed by atoms with Gasteiger partial charge in [-0.05, 0) is 19.3 Å². The van der Waals surface area contributed by atoms with Gasteiger partial charge >= 0.3 is 5.97 Å². The first-order chi connectivity index (χ1) is 7.66. The van der Waals surface area contributed by atoms with E-state index in [1.165, 1.54) is 6.33 Å². The highest BCUT2D eigenvalue weighted by atomic mass is 16.4. The Kier molecular flexibility index (Phi) is 2.77. The average molecular weight is 221 g/mol. The summed E-state index contributed by atoms with van der Waals surface area (Å²) in [6.45, 7) is 2.47. The van der Waals surface area contributed by atoms with Crippen LogP contribution in [-0.2, 0) is 11.2 Å². The molecule has 1 aliphatic rings. The predicted molar refractivity (Wildman–Crippen MR) is 59.2 cm³/mol. The van der Waals surface area contributed by atoms with Crippen molar-refractivity contribution in [2.75, 3.05) is 11.9 Å². The monoisotopic (exact) mass is 221 g/mol. The number of aryl methyl sites for hydroxylation is 1. The van der Waals surface area contributed by atoms with Crippen molar-refractivity contribution in [1.82, 2.24) is 9.97 Å². The number of aliphatic carboxylic acids is 1. The molecule has 2 rings (SSSR count). The Bertz CT molecular complexity index is 402. The van der Waals surface area contributed by atoms with E-state index in [4.69, 9.17) is 5.11 Å². The molecule has 1 aromatic rings. The van der Waals surface area contributed by atoms with Crippen LogP contribution in [0.25, 0.3) is 0 Å². The largest absolute Gasteiger partial charge is 0.481 e. The van der Waals surface area contributed by atoms with Crippen LogP contribution in [0.15, 0.2) is 12.4 Å². The van der Waals surface area contributed by atoms with E-state index in [2.05, 4.69) is 15.3 Å². The molecule has 1 aromatic heterocycles. The molecule has 16 heavy (non-hydrogen) atoms. The third-order valence-electron chi connectivity index (χ3n) is 3.00. The number of carboxylic acid groups (broad SMARTS) is 1. The van der Waals surface area contributed by atoms with Gasteiger partial charge in [0.1, 0.15) is 12.1 Å². The summed E-state index contributed by atoms with van der Waals surface area (Å²) in [6, 6.07) is 1.86. The second kappa shape index (κ2) is 4.08. The van der Waals surface area contributed by atoms with Gasteiger partial charge in [-0.3, -0.25) is 4.79 Å². The fourth-order valence-corrected chi connectivity index (χ4v) is 1.56. The molecular formula is C11H15N3O2. The zero-order chi connectivity index (χ0) is 11.6. The Balaban J connectivity index is 1.97. The molecule has 0 spiro atoms. The van der Waals surface area contributed by atoms with Crippen molar-refractivity contribution in [3.63, 3.8) is 0 Å². The Morgan fingerprint density at radius 2 is 2.31 bits per heavy atom. The van der Waals surface area contributed by atoms with E-state index in [9.17, 15) is 4.79 Å². The zero-order valence-corrected chi connectivity index (χ0v) is 9.23. The smallest absolute Gasteiger partial charge is 0.311 e. The van der Waals surface area contributed by atoms with Crippen LogP contribution in [0.3, 0.4) is 0 Å². The Hall–Kier alpha value is -1.65. The van der Waals surface area contributed by atoms with Crippen molar-refractivity contribution in [2.24, 2.45) is 5.41 Å². The second-order valence-electron chi connectivity index (χ2n) is 4.19. The van der Waals surface area contributed by atoms with E-state index in [1.54, 1.807) is 0 Å². The summed E-state index contributed by atoms with van der Waals surface area (Å²) < 4.78 is 0. The van der Waals surface area contributed by atoms with Crippen molar-refractivity contribution >= 4 is 11.8 Å². The molecule has 1 aliphatic carbocycles. The van der Waals surface area contributed by atoms with Gasteiger partial charge in [0.05, 0.1) is 5.41 Å². The molecule has 0 saturated heterocycles. The number of anilines is 1. The van der Waals surface area contributed by atoms with E-state index in [-0.39, 0.29) is 0 Å². The summed E-state index contributed by atoms with van der Waals surface area (Å²) in [4.78, 5) is 19.1. The number of carbonyl (C=O) groups is 1. The topological polar surface area (TPSA) is 75.1 Å². The van der Waals surface area contributed by atoms with Gasteiger partial charge in [-0.25, -0.2) is 9.97 Å². The van der Waals surface area contributed by atoms with E-state index < -0.39 is 11.4 Å². The molecule has 0 amide bonds. The molecule has 1 heterocycles. The van der Waals surface area contributed by atoms with Gasteiger partial charge in [0, 0.05) is 18.3 Å². The van der Waals surface area contributed by atoms with E-state index in [0.29, 0.717) is 12.4 Å². The van der Waals surface area contributed by atoms with Gasteiger partial charge in [-0.2, -0.15) is 0 Å². The summed E-state index contributed by atoms with van der Waals surface area (Å²) in [6.07, 6.45) is 3.85. The Morgan fingerprint density at radius 1 is 1.56 bits per heavy atom. The van der Waals surface area contributed by atoms with Crippen molar-refractivity contribution in [1.29, 1.82) is 0 Å². The third-order valence-corrected chi connectivity index (χ3v) is 3.00. The highest BCUT2D eigenvalue weighted by molar-refractivity contribution is 5.78. The Labute approximate surface area is 93.9 Å². The first-order valence-corrected chi connectivity index (χ1v) is 5.44. The second-order valence-corrected chi connectivity index (χ2v) is 4.19. The molecule has 2 N–H and O–H groups in total. The highest BCUT2D eigenvalue weighted by Crippen LogP contribution is 2.45. The molecule has 0 aromatic carbocycles. The van der Waals surface area contributed by atoms with Gasteiger partial charge in [0.15, 0.2) is 0 Å². The standard InChI is InChI=1S/C11H15N3O2/c1-2-8-5-9(14-7-13-8)12-6-11(3-4-11)10(15)16/h5,7H,2-4,6H2,1H3,(H,15,16)(H,12,13,14). The minimum absolute atomic E-state index is 0.447. The maximum Gasteiger partial charge on any atom is 0.311 e. The normalized spacial score (nSPS) is 16.8. The fourth-order valence-electron chi connectivity index (χ4n) is 1.56. The molecule has 0 aliphatic heterocycles. The lowest BCUT2D eigenvalue weighted by atomic mass is 10.1. The third kappa shape index (κ3) is 2.13. The van der Waals surface area contributed by atoms with Crippen LogP contribution in [-0.4, -0.2) is 27.6 Å². The summed E-state index contributed by atoms with van der Waals surface area (Å²) >= 11 is 0. The predicted octanol–water partition coefficient (Wildman–Crippen LogP) is 1.32. The number of hydrogen-bond donors (Lipinski definition) is 2. The van der Waals surface area contributed by atoms with Crippen LogP contribution in [0.5, 0.6) is 0 Å². The lowest BCUT2D eigenvalue weighted by Gasteiger charge is -2.11. The lowest BCUT2D eigenvalue weighted by Crippen LogP contribution is -2.24. The summed E-state index contributed by atoms with van der Waals surface area (Å²) in [5.74, 6) is -0.0100. The molecule has 5 nitrogen and oxygen atoms in total. The van der Waals surface area contributed by atoms with Gasteiger partial charge in [0.25, 0.3) is 0 Å². The minimum Gasteiger partial charge on any atom is -0.481 e. The first-order valence-electron chi connectivity index (χ1n) is 5.44. The number of carboxylic acids is 1. The summed E-state index contributed by atoms with van der Waals surface area (Å²) in [5.41, 5.74) is 0.398. The number of aromatic nitrogens is 2. The molecule has 1 fully saturated rings.